The van der Waals surface area contributed by atoms with Crippen molar-refractivity contribution in [1.82, 2.24) is 5.32 Å². The zero-order chi connectivity index (χ0) is 53.3. The summed E-state index contributed by atoms with van der Waals surface area (Å²) in [6, 6.07) is -1.05. The molecular formula is C62H109NO10. The maximum atomic E-state index is 13.4. The highest BCUT2D eigenvalue weighted by atomic mass is 16.7. The van der Waals surface area contributed by atoms with E-state index in [9.17, 15) is 35.1 Å². The molecule has 73 heavy (non-hydrogen) atoms. The van der Waals surface area contributed by atoms with Crippen molar-refractivity contribution in [3.8, 4) is 0 Å². The second-order valence-corrected chi connectivity index (χ2v) is 20.4. The van der Waals surface area contributed by atoms with Gasteiger partial charge < -0.3 is 45.1 Å². The molecule has 1 saturated heterocycles. The number of aliphatic hydroxyl groups excluding tert-OH is 5. The van der Waals surface area contributed by atoms with Gasteiger partial charge in [-0.1, -0.05) is 216 Å². The highest BCUT2D eigenvalue weighted by Gasteiger charge is 2.47. The Labute approximate surface area is 445 Å². The van der Waals surface area contributed by atoms with Crippen LogP contribution in [0.3, 0.4) is 0 Å². The summed E-state index contributed by atoms with van der Waals surface area (Å²) in [5, 5.41) is 56.8. The second-order valence-electron chi connectivity index (χ2n) is 20.4. The van der Waals surface area contributed by atoms with E-state index >= 15 is 0 Å². The fraction of sp³-hybridized carbons (Fsp3) is 0.774. The third-order valence-electron chi connectivity index (χ3n) is 13.6. The SMILES string of the molecule is CCCCC/C=C\C/C=C\C/C=C\C/C=C\CCCCC(O)C(=O)NC(COC1OC(CO)C(O)C(O)C1OC(=O)CCCCC/C=C\CCCCCCCC)C(O)/C=C/CCCCCCCCCCCCC. The highest BCUT2D eigenvalue weighted by Crippen LogP contribution is 2.26. The maximum absolute atomic E-state index is 13.4. The van der Waals surface area contributed by atoms with E-state index in [1.807, 2.05) is 6.08 Å². The summed E-state index contributed by atoms with van der Waals surface area (Å²) in [6.45, 7) is 5.71. The van der Waals surface area contributed by atoms with Crippen LogP contribution in [0.5, 0.6) is 0 Å². The van der Waals surface area contributed by atoms with E-state index in [1.165, 1.54) is 116 Å². The fourth-order valence-electron chi connectivity index (χ4n) is 8.80. The first kappa shape index (κ1) is 68.1. The Morgan fingerprint density at radius 3 is 1.45 bits per heavy atom. The van der Waals surface area contributed by atoms with Crippen molar-refractivity contribution in [3.63, 3.8) is 0 Å². The number of unbranched alkanes of at least 4 members (excludes halogenated alkanes) is 25. The Kier molecular flexibility index (Phi) is 46.6. The van der Waals surface area contributed by atoms with Gasteiger partial charge in [0, 0.05) is 6.42 Å². The predicted molar refractivity (Wildman–Crippen MR) is 301 cm³/mol. The summed E-state index contributed by atoms with van der Waals surface area (Å²) in [4.78, 5) is 26.5. The molecule has 0 aliphatic carbocycles. The van der Waals surface area contributed by atoms with Gasteiger partial charge in [0.1, 0.15) is 24.4 Å². The van der Waals surface area contributed by atoms with Gasteiger partial charge in [0.05, 0.1) is 25.4 Å². The molecule has 1 aliphatic heterocycles. The average molecular weight is 1030 g/mol. The molecule has 1 amide bonds. The molecule has 1 fully saturated rings. The summed E-state index contributed by atoms with van der Waals surface area (Å²) in [5.74, 6) is -1.25. The van der Waals surface area contributed by atoms with Crippen LogP contribution in [-0.4, -0.2) is 99.6 Å². The minimum Gasteiger partial charge on any atom is -0.454 e. The lowest BCUT2D eigenvalue weighted by molar-refractivity contribution is -0.305. The van der Waals surface area contributed by atoms with Gasteiger partial charge in [-0.05, 0) is 96.3 Å². The summed E-state index contributed by atoms with van der Waals surface area (Å²) in [6.07, 6.45) is 52.3. The number of carbonyl (C=O) groups excluding carboxylic acids is 2. The molecular weight excluding hydrogens is 919 g/mol. The number of allylic oxidation sites excluding steroid dienone is 11. The van der Waals surface area contributed by atoms with Crippen molar-refractivity contribution >= 4 is 11.9 Å². The van der Waals surface area contributed by atoms with E-state index in [-0.39, 0.29) is 19.4 Å². The van der Waals surface area contributed by atoms with Gasteiger partial charge in [-0.3, -0.25) is 9.59 Å². The Morgan fingerprint density at radius 2 is 0.945 bits per heavy atom. The number of amides is 1. The van der Waals surface area contributed by atoms with Crippen LogP contribution in [0.4, 0.5) is 0 Å². The Morgan fingerprint density at radius 1 is 0.534 bits per heavy atom. The van der Waals surface area contributed by atoms with Crippen LogP contribution >= 0.6 is 0 Å². The van der Waals surface area contributed by atoms with Crippen LogP contribution in [0.25, 0.3) is 0 Å². The standard InChI is InChI=1S/C62H109NO10/c1-4-7-10-13-16-19-22-25-26-27-28-29-32-34-37-40-43-46-49-55(66)61(70)63-53(54(65)48-45-42-39-36-33-30-23-20-17-14-11-8-5-2)52-71-62-60(59(69)58(68)56(51-64)72-62)73-57(67)50-47-44-41-38-35-31-24-21-18-15-12-9-6-3/h16,19,25-26,28-29,31,34-35,37,45,48,53-56,58-60,62,64-66,68-69H,4-15,17-18,20-24,27,30,32-33,36,38-44,46-47,49-52H2,1-3H3,(H,63,70)/b19-16-,26-25-,29-28-,35-31-,37-34-,48-45+. The molecule has 1 heterocycles. The van der Waals surface area contributed by atoms with Gasteiger partial charge in [-0.15, -0.1) is 0 Å². The van der Waals surface area contributed by atoms with Gasteiger partial charge in [-0.25, -0.2) is 0 Å². The number of carbonyl (C=O) groups is 2. The fourth-order valence-corrected chi connectivity index (χ4v) is 8.80. The minimum atomic E-state index is -1.63. The largest absolute Gasteiger partial charge is 0.454 e. The van der Waals surface area contributed by atoms with Crippen molar-refractivity contribution < 1.29 is 49.3 Å². The molecule has 8 unspecified atom stereocenters. The number of ether oxygens (including phenoxy) is 3. The number of nitrogens with one attached hydrogen (secondary N) is 1. The molecule has 0 bridgehead atoms. The van der Waals surface area contributed by atoms with Crippen molar-refractivity contribution in [2.24, 2.45) is 0 Å². The number of esters is 1. The van der Waals surface area contributed by atoms with Crippen LogP contribution in [0.1, 0.15) is 245 Å². The van der Waals surface area contributed by atoms with E-state index in [4.69, 9.17) is 14.2 Å². The molecule has 422 valence electrons. The average Bonchev–Trinajstić information content (AvgIpc) is 3.39. The molecule has 1 aliphatic rings. The number of aliphatic hydroxyl groups is 5. The molecule has 0 aromatic heterocycles. The van der Waals surface area contributed by atoms with E-state index in [0.29, 0.717) is 12.8 Å². The molecule has 8 atom stereocenters. The monoisotopic (exact) mass is 1030 g/mol. The predicted octanol–water partition coefficient (Wildman–Crippen LogP) is 13.6. The Bertz CT molecular complexity index is 1460. The summed E-state index contributed by atoms with van der Waals surface area (Å²) < 4.78 is 17.5. The third kappa shape index (κ3) is 38.3. The lowest BCUT2D eigenvalue weighted by Gasteiger charge is -2.41. The number of rotatable bonds is 49. The van der Waals surface area contributed by atoms with Gasteiger partial charge in [0.25, 0.3) is 0 Å². The quantitative estimate of drug-likeness (QED) is 0.0195. The maximum Gasteiger partial charge on any atom is 0.306 e. The van der Waals surface area contributed by atoms with Gasteiger partial charge >= 0.3 is 5.97 Å². The van der Waals surface area contributed by atoms with Crippen LogP contribution in [0.15, 0.2) is 72.9 Å². The zero-order valence-corrected chi connectivity index (χ0v) is 46.5. The Hall–Kier alpha value is -2.90. The minimum absolute atomic E-state index is 0.0969. The first-order valence-corrected chi connectivity index (χ1v) is 29.7. The van der Waals surface area contributed by atoms with E-state index < -0.39 is 67.4 Å². The molecule has 11 heteroatoms. The summed E-state index contributed by atoms with van der Waals surface area (Å²) in [7, 11) is 0. The van der Waals surface area contributed by atoms with Crippen LogP contribution in [0.2, 0.25) is 0 Å². The van der Waals surface area contributed by atoms with Crippen molar-refractivity contribution in [1.29, 1.82) is 0 Å². The molecule has 6 N–H and O–H groups in total. The molecule has 0 saturated carbocycles. The summed E-state index contributed by atoms with van der Waals surface area (Å²) >= 11 is 0. The van der Waals surface area contributed by atoms with E-state index in [2.05, 4.69) is 86.8 Å². The van der Waals surface area contributed by atoms with Gasteiger partial charge in [0.2, 0.25) is 5.91 Å². The topological polar surface area (TPSA) is 175 Å². The lowest BCUT2D eigenvalue weighted by Crippen LogP contribution is -2.61. The van der Waals surface area contributed by atoms with Gasteiger partial charge in [-0.2, -0.15) is 0 Å². The smallest absolute Gasteiger partial charge is 0.306 e. The van der Waals surface area contributed by atoms with E-state index in [0.717, 1.165) is 83.5 Å². The second kappa shape index (κ2) is 49.9. The van der Waals surface area contributed by atoms with Gasteiger partial charge in [0.15, 0.2) is 12.4 Å². The number of hydrogen-bond acceptors (Lipinski definition) is 10. The highest BCUT2D eigenvalue weighted by molar-refractivity contribution is 5.80. The zero-order valence-electron chi connectivity index (χ0n) is 46.5. The molecule has 11 nitrogen and oxygen atoms in total. The summed E-state index contributed by atoms with van der Waals surface area (Å²) in [5.41, 5.74) is 0. The normalized spacial score (nSPS) is 19.9. The molecule has 0 aromatic carbocycles. The van der Waals surface area contributed by atoms with Crippen molar-refractivity contribution in [3.05, 3.63) is 72.9 Å². The van der Waals surface area contributed by atoms with Crippen molar-refractivity contribution in [2.45, 2.75) is 294 Å². The van der Waals surface area contributed by atoms with Crippen LogP contribution < -0.4 is 5.32 Å². The molecule has 0 radical (unpaired) electrons. The molecule has 0 spiro atoms. The van der Waals surface area contributed by atoms with Crippen LogP contribution in [0, 0.1) is 0 Å². The van der Waals surface area contributed by atoms with E-state index in [1.54, 1.807) is 6.08 Å². The van der Waals surface area contributed by atoms with Crippen molar-refractivity contribution in [2.75, 3.05) is 13.2 Å². The number of hydrogen-bond donors (Lipinski definition) is 6. The first-order chi connectivity index (χ1) is 35.7. The molecule has 0 aromatic rings. The van der Waals surface area contributed by atoms with Crippen LogP contribution in [-0.2, 0) is 23.8 Å². The molecule has 1 rings (SSSR count). The third-order valence-corrected chi connectivity index (χ3v) is 13.6. The first-order valence-electron chi connectivity index (χ1n) is 29.7. The Balaban J connectivity index is 2.77. The lowest BCUT2D eigenvalue weighted by atomic mass is 9.99.